The molecular weight excluding hydrogens is 544 g/mol. The Bertz CT molecular complexity index is 911. The average molecular weight is 564 g/mol. The van der Waals surface area contributed by atoms with E-state index >= 15 is 0 Å². The molecule has 0 aliphatic heterocycles. The van der Waals surface area contributed by atoms with Gasteiger partial charge in [0.05, 0.1) is 34.2 Å². The number of aryl methyl sites for hydroxylation is 1. The van der Waals surface area contributed by atoms with E-state index < -0.39 is 0 Å². The second-order valence-electron chi connectivity index (χ2n) is 6.16. The molecular formula is C22H20Br2FN3Ni. The first kappa shape index (κ1) is 23.6. The molecule has 3 rings (SSSR count). The van der Waals surface area contributed by atoms with E-state index in [4.69, 9.17) is 0 Å². The predicted octanol–water partition coefficient (Wildman–Crippen LogP) is 7.50. The van der Waals surface area contributed by atoms with E-state index in [2.05, 4.69) is 50.3 Å². The number of halogens is 3. The normalized spacial score (nSPS) is 11.8. The molecule has 7 heteroatoms. The Kier molecular flexibility index (Phi) is 9.85. The average Bonchev–Trinajstić information content (AvgIpc) is 2.72. The molecule has 0 bridgehead atoms. The summed E-state index contributed by atoms with van der Waals surface area (Å²) in [6.07, 6.45) is 0. The zero-order valence-electron chi connectivity index (χ0n) is 16.1. The second-order valence-corrected chi connectivity index (χ2v) is 11.1. The van der Waals surface area contributed by atoms with Crippen molar-refractivity contribution in [3.63, 3.8) is 0 Å². The fourth-order valence-electron chi connectivity index (χ4n) is 2.47. The molecule has 3 aromatic rings. The fraction of sp³-hybridized carbons (Fsp3) is 0.136. The molecule has 0 aliphatic carbocycles. The van der Waals surface area contributed by atoms with Crippen molar-refractivity contribution in [1.29, 1.82) is 0 Å². The minimum atomic E-state index is -0.273. The third kappa shape index (κ3) is 7.92. The first-order chi connectivity index (χ1) is 13.9. The molecule has 0 amide bonds. The molecule has 0 radical (unpaired) electrons. The quantitative estimate of drug-likeness (QED) is 0.239. The van der Waals surface area contributed by atoms with Crippen LogP contribution in [0.2, 0.25) is 0 Å². The van der Waals surface area contributed by atoms with Crippen LogP contribution >= 0.6 is 28.5 Å². The van der Waals surface area contributed by atoms with Crippen molar-refractivity contribution in [3.8, 4) is 0 Å². The van der Waals surface area contributed by atoms with Crippen LogP contribution in [0.25, 0.3) is 0 Å². The van der Waals surface area contributed by atoms with Crippen molar-refractivity contribution in [2.75, 3.05) is 0 Å². The van der Waals surface area contributed by atoms with Gasteiger partial charge in [-0.3, -0.25) is 9.98 Å². The Labute approximate surface area is 191 Å². The van der Waals surface area contributed by atoms with E-state index in [0.717, 1.165) is 28.5 Å². The van der Waals surface area contributed by atoms with E-state index in [0.29, 0.717) is 5.69 Å². The second kappa shape index (κ2) is 12.1. The summed E-state index contributed by atoms with van der Waals surface area (Å²) < 4.78 is 13.0. The Morgan fingerprint density at radius 3 is 1.66 bits per heavy atom. The van der Waals surface area contributed by atoms with Gasteiger partial charge < -0.3 is 0 Å². The zero-order chi connectivity index (χ0) is 21.2. The van der Waals surface area contributed by atoms with Gasteiger partial charge in [0.25, 0.3) is 0 Å². The van der Waals surface area contributed by atoms with E-state index in [9.17, 15) is 4.39 Å². The first-order valence-electron chi connectivity index (χ1n) is 8.66. The van der Waals surface area contributed by atoms with Crippen LogP contribution in [0.3, 0.4) is 0 Å². The van der Waals surface area contributed by atoms with Crippen LogP contribution in [0.5, 0.6) is 0 Å². The van der Waals surface area contributed by atoms with Crippen molar-refractivity contribution in [1.82, 2.24) is 4.98 Å². The van der Waals surface area contributed by atoms with Crippen molar-refractivity contribution >= 4 is 51.2 Å². The maximum atomic E-state index is 13.0. The Morgan fingerprint density at radius 1 is 0.793 bits per heavy atom. The fourth-order valence-corrected chi connectivity index (χ4v) is 2.47. The van der Waals surface area contributed by atoms with Crippen LogP contribution in [-0.4, -0.2) is 16.4 Å². The molecule has 3 nitrogen and oxygen atoms in total. The van der Waals surface area contributed by atoms with Crippen molar-refractivity contribution in [2.45, 2.75) is 20.8 Å². The van der Waals surface area contributed by atoms with E-state index in [1.807, 2.05) is 56.3 Å². The number of hydrogen-bond acceptors (Lipinski definition) is 3. The molecule has 154 valence electrons. The molecule has 0 atom stereocenters. The molecule has 2 aromatic carbocycles. The van der Waals surface area contributed by atoms with Gasteiger partial charge in [-0.25, -0.2) is 9.37 Å². The van der Waals surface area contributed by atoms with Gasteiger partial charge in [-0.15, -0.1) is 0 Å². The molecule has 0 N–H and O–H groups in total. The maximum absolute atomic E-state index is 13.0. The summed E-state index contributed by atoms with van der Waals surface area (Å²) >= 11 is 6.00. The molecule has 1 aromatic heterocycles. The third-order valence-corrected chi connectivity index (χ3v) is 3.94. The predicted molar refractivity (Wildman–Crippen MR) is 123 cm³/mol. The number of aromatic nitrogens is 1. The summed E-state index contributed by atoms with van der Waals surface area (Å²) in [5.74, 6) is -0.273. The first-order valence-corrected chi connectivity index (χ1v) is 13.5. The van der Waals surface area contributed by atoms with Crippen molar-refractivity contribution in [3.05, 3.63) is 89.5 Å². The molecule has 29 heavy (non-hydrogen) atoms. The monoisotopic (exact) mass is 561 g/mol. The van der Waals surface area contributed by atoms with Crippen LogP contribution in [0, 0.1) is 12.7 Å². The molecule has 0 saturated heterocycles. The van der Waals surface area contributed by atoms with Gasteiger partial charge >= 0.3 is 39.3 Å². The van der Waals surface area contributed by atoms with E-state index in [1.165, 1.54) is 28.6 Å². The third-order valence-electron chi connectivity index (χ3n) is 3.94. The summed E-state index contributed by atoms with van der Waals surface area (Å²) in [4.78, 5) is 13.8. The van der Waals surface area contributed by atoms with Crippen molar-refractivity contribution in [2.24, 2.45) is 9.98 Å². The van der Waals surface area contributed by atoms with Gasteiger partial charge in [0, 0.05) is 0 Å². The Hall–Kier alpha value is -1.69. The molecule has 0 unspecified atom stereocenters. The number of nitrogens with zero attached hydrogens (tertiary/aromatic N) is 3. The van der Waals surface area contributed by atoms with Gasteiger partial charge in [0.2, 0.25) is 0 Å². The molecule has 0 saturated carbocycles. The standard InChI is InChI=1S/C22H20FN3.2BrH.Ni/c1-15-7-11-19(12-8-15)24-16(2)21-5-4-6-22(26-21)17(3)25-20-13-9-18(23)10-14-20;;;/h4-14H,1-3H3;2*1H;/q;;;+2/p-2. The number of pyridine rings is 1. The van der Waals surface area contributed by atoms with Gasteiger partial charge in [-0.05, 0) is 69.3 Å². The molecule has 0 spiro atoms. The minimum absolute atomic E-state index is 0.273. The molecule has 0 fully saturated rings. The van der Waals surface area contributed by atoms with E-state index in [1.54, 1.807) is 12.1 Å². The summed E-state index contributed by atoms with van der Waals surface area (Å²) in [6.45, 7) is 5.88. The van der Waals surface area contributed by atoms with Crippen LogP contribution in [-0.2, 0) is 10.9 Å². The van der Waals surface area contributed by atoms with Gasteiger partial charge in [0.1, 0.15) is 5.82 Å². The van der Waals surface area contributed by atoms with Gasteiger partial charge in [-0.2, -0.15) is 0 Å². The summed E-state index contributed by atoms with van der Waals surface area (Å²) in [7, 11) is 1.25. The zero-order valence-corrected chi connectivity index (χ0v) is 20.3. The van der Waals surface area contributed by atoms with Crippen LogP contribution in [0.4, 0.5) is 15.8 Å². The van der Waals surface area contributed by atoms with Gasteiger partial charge in [0.15, 0.2) is 0 Å². The van der Waals surface area contributed by atoms with E-state index in [-0.39, 0.29) is 5.82 Å². The van der Waals surface area contributed by atoms with Crippen molar-refractivity contribution < 1.29 is 15.3 Å². The SMILES string of the molecule is CC(=Nc1ccc(C)cc1)c1cccc(C(C)=Nc2ccc(F)cc2)n1.[Br][Ni][Br]. The van der Waals surface area contributed by atoms with Crippen LogP contribution in [0.1, 0.15) is 30.8 Å². The van der Waals surface area contributed by atoms with Crippen LogP contribution < -0.4 is 0 Å². The molecule has 1 heterocycles. The topological polar surface area (TPSA) is 37.6 Å². The Balaban J connectivity index is 0.000000941. The van der Waals surface area contributed by atoms with Crippen LogP contribution in [0.15, 0.2) is 76.7 Å². The number of rotatable bonds is 4. The molecule has 0 aliphatic rings. The summed E-state index contributed by atoms with van der Waals surface area (Å²) in [5, 5.41) is 0. The summed E-state index contributed by atoms with van der Waals surface area (Å²) in [6, 6.07) is 19.9. The number of hydrogen-bond donors (Lipinski definition) is 0. The summed E-state index contributed by atoms with van der Waals surface area (Å²) in [5.41, 5.74) is 5.97. The number of benzene rings is 2. The number of aliphatic imine (C=N–C) groups is 2. The Morgan fingerprint density at radius 2 is 1.21 bits per heavy atom. The van der Waals surface area contributed by atoms with Gasteiger partial charge in [-0.1, -0.05) is 23.8 Å².